The van der Waals surface area contributed by atoms with E-state index >= 15 is 0 Å². The standard InChI is InChI=1S/C28H25FN2O2/c1-17-10-12-22(13-11-17)31-16-20-6-3-4-9-23(20)26(18(31)2)28(33)30-27(24-15-25(24)32)19-7-5-8-21(29)14-19/h3-14,24,27H,15-16H2,1-2H3,(H,30,33)/t24-,27-/m1/s1. The van der Waals surface area contributed by atoms with Crippen molar-refractivity contribution in [3.8, 4) is 0 Å². The molecule has 1 saturated carbocycles. The lowest BCUT2D eigenvalue weighted by atomic mass is 9.91. The van der Waals surface area contributed by atoms with Crippen LogP contribution >= 0.6 is 0 Å². The molecule has 1 aliphatic carbocycles. The molecule has 0 aromatic heterocycles. The highest BCUT2D eigenvalue weighted by Crippen LogP contribution is 2.40. The molecule has 4 nitrogen and oxygen atoms in total. The third kappa shape index (κ3) is 4.07. The van der Waals surface area contributed by atoms with Crippen molar-refractivity contribution >= 4 is 23.0 Å². The summed E-state index contributed by atoms with van der Waals surface area (Å²) < 4.78 is 13.9. The first kappa shape index (κ1) is 21.1. The van der Waals surface area contributed by atoms with E-state index in [-0.39, 0.29) is 23.4 Å². The lowest BCUT2D eigenvalue weighted by Crippen LogP contribution is -2.35. The molecule has 0 saturated heterocycles. The van der Waals surface area contributed by atoms with Gasteiger partial charge in [0.25, 0.3) is 5.91 Å². The average Bonchev–Trinajstić information content (AvgIpc) is 3.53. The molecule has 3 aromatic rings. The molecule has 0 unspecified atom stereocenters. The first-order valence-corrected chi connectivity index (χ1v) is 11.1. The van der Waals surface area contributed by atoms with Crippen molar-refractivity contribution in [2.75, 3.05) is 4.90 Å². The van der Waals surface area contributed by atoms with Crippen LogP contribution in [0.1, 0.15) is 41.6 Å². The summed E-state index contributed by atoms with van der Waals surface area (Å²) in [5.74, 6) is -0.876. The number of aryl methyl sites for hydroxylation is 1. The molecule has 2 aliphatic rings. The van der Waals surface area contributed by atoms with Crippen molar-refractivity contribution in [1.82, 2.24) is 5.32 Å². The van der Waals surface area contributed by atoms with Gasteiger partial charge in [0.05, 0.1) is 11.6 Å². The maximum Gasteiger partial charge on any atom is 0.254 e. The minimum absolute atomic E-state index is 0.0839. The number of carbonyl (C=O) groups is 2. The lowest BCUT2D eigenvalue weighted by molar-refractivity contribution is -0.116. The van der Waals surface area contributed by atoms with Crippen LogP contribution in [-0.4, -0.2) is 11.7 Å². The minimum atomic E-state index is -0.553. The van der Waals surface area contributed by atoms with Crippen molar-refractivity contribution in [2.24, 2.45) is 5.92 Å². The number of rotatable bonds is 5. The van der Waals surface area contributed by atoms with Crippen LogP contribution in [0.25, 0.3) is 5.57 Å². The molecular formula is C28H25FN2O2. The van der Waals surface area contributed by atoms with Crippen LogP contribution < -0.4 is 10.2 Å². The molecule has 0 bridgehead atoms. The normalized spacial score (nSPS) is 18.1. The van der Waals surface area contributed by atoms with Gasteiger partial charge in [-0.15, -0.1) is 0 Å². The minimum Gasteiger partial charge on any atom is -0.344 e. The number of ketones is 1. The maximum atomic E-state index is 13.9. The number of nitrogens with one attached hydrogen (secondary N) is 1. The summed E-state index contributed by atoms with van der Waals surface area (Å²) in [5.41, 5.74) is 6.15. The van der Waals surface area contributed by atoms with Crippen molar-refractivity contribution in [2.45, 2.75) is 32.9 Å². The van der Waals surface area contributed by atoms with E-state index in [1.54, 1.807) is 12.1 Å². The second kappa shape index (κ2) is 8.32. The van der Waals surface area contributed by atoms with Gasteiger partial charge in [-0.2, -0.15) is 0 Å². The van der Waals surface area contributed by atoms with E-state index in [1.807, 2.05) is 38.1 Å². The highest BCUT2D eigenvalue weighted by molar-refractivity contribution is 6.22. The first-order valence-electron chi connectivity index (χ1n) is 11.1. The number of Topliss-reactive ketones (excluding diaryl/α,β-unsaturated/α-hetero) is 1. The molecule has 1 heterocycles. The van der Waals surface area contributed by atoms with E-state index in [9.17, 15) is 14.0 Å². The molecule has 3 aromatic carbocycles. The topological polar surface area (TPSA) is 49.4 Å². The van der Waals surface area contributed by atoms with E-state index in [4.69, 9.17) is 0 Å². The van der Waals surface area contributed by atoms with Gasteiger partial charge in [0.2, 0.25) is 0 Å². The zero-order valence-corrected chi connectivity index (χ0v) is 18.6. The molecular weight excluding hydrogens is 415 g/mol. The van der Waals surface area contributed by atoms with Gasteiger partial charge < -0.3 is 10.2 Å². The SMILES string of the molecule is CC1=C(C(=O)N[C@H](c2cccc(F)c2)[C@@H]2CC2=O)c2ccccc2CN1c1ccc(C)cc1. The molecule has 5 rings (SSSR count). The van der Waals surface area contributed by atoms with Gasteiger partial charge in [0, 0.05) is 30.3 Å². The molecule has 2 atom stereocenters. The molecule has 33 heavy (non-hydrogen) atoms. The number of fused-ring (bicyclic) bond motifs is 1. The third-order valence-corrected chi connectivity index (χ3v) is 6.53. The summed E-state index contributed by atoms with van der Waals surface area (Å²) in [5, 5.41) is 3.06. The Hall–Kier alpha value is -3.73. The smallest absolute Gasteiger partial charge is 0.254 e. The van der Waals surface area contributed by atoms with Gasteiger partial charge in [0.15, 0.2) is 0 Å². The van der Waals surface area contributed by atoms with Gasteiger partial charge in [-0.3, -0.25) is 9.59 Å². The average molecular weight is 441 g/mol. The summed E-state index contributed by atoms with van der Waals surface area (Å²) in [6.07, 6.45) is 0.394. The number of halogens is 1. The highest BCUT2D eigenvalue weighted by atomic mass is 19.1. The van der Waals surface area contributed by atoms with E-state index < -0.39 is 6.04 Å². The maximum absolute atomic E-state index is 13.9. The molecule has 1 aliphatic heterocycles. The number of carbonyl (C=O) groups excluding carboxylic acids is 2. The Labute approximate surface area is 192 Å². The predicted octanol–water partition coefficient (Wildman–Crippen LogP) is 5.33. The van der Waals surface area contributed by atoms with Gasteiger partial charge in [0.1, 0.15) is 11.6 Å². The Kier molecular flexibility index (Phi) is 5.33. The molecule has 166 valence electrons. The van der Waals surface area contributed by atoms with Gasteiger partial charge >= 0.3 is 0 Å². The Morgan fingerprint density at radius 2 is 1.76 bits per heavy atom. The lowest BCUT2D eigenvalue weighted by Gasteiger charge is -2.34. The van der Waals surface area contributed by atoms with Crippen molar-refractivity contribution in [3.63, 3.8) is 0 Å². The summed E-state index contributed by atoms with van der Waals surface area (Å²) in [6, 6.07) is 21.7. The summed E-state index contributed by atoms with van der Waals surface area (Å²) in [6.45, 7) is 4.66. The van der Waals surface area contributed by atoms with Gasteiger partial charge in [-0.25, -0.2) is 4.39 Å². The third-order valence-electron chi connectivity index (χ3n) is 6.53. The summed E-state index contributed by atoms with van der Waals surface area (Å²) in [4.78, 5) is 27.9. The number of hydrogen-bond acceptors (Lipinski definition) is 3. The number of amides is 1. The Balaban J connectivity index is 1.54. The predicted molar refractivity (Wildman–Crippen MR) is 127 cm³/mol. The fourth-order valence-corrected chi connectivity index (χ4v) is 4.61. The largest absolute Gasteiger partial charge is 0.344 e. The van der Waals surface area contributed by atoms with Crippen LogP contribution in [0.5, 0.6) is 0 Å². The first-order chi connectivity index (χ1) is 15.9. The highest BCUT2D eigenvalue weighted by Gasteiger charge is 2.43. The molecule has 1 fully saturated rings. The van der Waals surface area contributed by atoms with Crippen LogP contribution in [-0.2, 0) is 16.1 Å². The van der Waals surface area contributed by atoms with Gasteiger partial charge in [-0.05, 0) is 54.8 Å². The van der Waals surface area contributed by atoms with Crippen molar-refractivity contribution < 1.29 is 14.0 Å². The zero-order chi connectivity index (χ0) is 23.1. The van der Waals surface area contributed by atoms with Crippen LogP contribution in [0.2, 0.25) is 0 Å². The van der Waals surface area contributed by atoms with Crippen molar-refractivity contribution in [3.05, 3.63) is 107 Å². The quantitative estimate of drug-likeness (QED) is 0.583. The van der Waals surface area contributed by atoms with E-state index in [2.05, 4.69) is 34.5 Å². The zero-order valence-electron chi connectivity index (χ0n) is 18.6. The van der Waals surface area contributed by atoms with E-state index in [0.29, 0.717) is 24.1 Å². The summed E-state index contributed by atoms with van der Waals surface area (Å²) in [7, 11) is 0. The van der Waals surface area contributed by atoms with E-state index in [0.717, 1.165) is 22.5 Å². The number of anilines is 1. The number of allylic oxidation sites excluding steroid dienone is 1. The molecule has 0 radical (unpaired) electrons. The fraction of sp³-hybridized carbons (Fsp3) is 0.214. The Morgan fingerprint density at radius 3 is 2.45 bits per heavy atom. The van der Waals surface area contributed by atoms with Crippen LogP contribution in [0, 0.1) is 18.7 Å². The second-order valence-corrected chi connectivity index (χ2v) is 8.82. The number of nitrogens with zero attached hydrogens (tertiary/aromatic N) is 1. The van der Waals surface area contributed by atoms with Crippen LogP contribution in [0.4, 0.5) is 10.1 Å². The van der Waals surface area contributed by atoms with Crippen LogP contribution in [0.15, 0.2) is 78.5 Å². The van der Waals surface area contributed by atoms with E-state index in [1.165, 1.54) is 17.7 Å². The van der Waals surface area contributed by atoms with Gasteiger partial charge in [-0.1, -0.05) is 54.1 Å². The molecule has 1 amide bonds. The number of hydrogen-bond donors (Lipinski definition) is 1. The Morgan fingerprint density at radius 1 is 1.03 bits per heavy atom. The van der Waals surface area contributed by atoms with Crippen molar-refractivity contribution in [1.29, 1.82) is 0 Å². The monoisotopic (exact) mass is 440 g/mol. The molecule has 1 N–H and O–H groups in total. The summed E-state index contributed by atoms with van der Waals surface area (Å²) >= 11 is 0. The second-order valence-electron chi connectivity index (χ2n) is 8.82. The number of benzene rings is 3. The molecule has 5 heteroatoms. The Bertz CT molecular complexity index is 1280. The fourth-order valence-electron chi connectivity index (χ4n) is 4.61. The molecule has 0 spiro atoms. The van der Waals surface area contributed by atoms with Crippen LogP contribution in [0.3, 0.4) is 0 Å².